The molecular weight excluding hydrogens is 216 g/mol. The number of rotatable bonds is 6. The Balaban J connectivity index is 2.52. The molecule has 17 heavy (non-hydrogen) atoms. The summed E-state index contributed by atoms with van der Waals surface area (Å²) in [5.74, 6) is 0.493. The minimum atomic E-state index is -0.166. The maximum Gasteiger partial charge on any atom is 0.236 e. The van der Waals surface area contributed by atoms with Crippen molar-refractivity contribution in [3.8, 4) is 0 Å². The third-order valence-electron chi connectivity index (χ3n) is 2.44. The minimum absolute atomic E-state index is 0.0237. The van der Waals surface area contributed by atoms with Gasteiger partial charge in [0.05, 0.1) is 6.04 Å². The molecule has 0 aliphatic rings. The lowest BCUT2D eigenvalue weighted by molar-refractivity contribution is -0.123. The highest BCUT2D eigenvalue weighted by Crippen LogP contribution is 2.06. The van der Waals surface area contributed by atoms with Gasteiger partial charge in [-0.05, 0) is 12.3 Å². The van der Waals surface area contributed by atoms with Crippen LogP contribution >= 0.6 is 0 Å². The Bertz CT molecular complexity index is 340. The van der Waals surface area contributed by atoms with Crippen LogP contribution in [0.25, 0.3) is 0 Å². The summed E-state index contributed by atoms with van der Waals surface area (Å²) in [6, 6.07) is -0.166. The molecule has 1 atom stereocenters. The fourth-order valence-corrected chi connectivity index (χ4v) is 1.59. The molecule has 2 N–H and O–H groups in total. The van der Waals surface area contributed by atoms with Crippen LogP contribution in [0.4, 0.5) is 0 Å². The highest BCUT2D eigenvalue weighted by atomic mass is 16.2. The molecule has 0 bridgehead atoms. The molecule has 0 spiro atoms. The fraction of sp³-hybridized carbons (Fsp3) is 0.583. The number of carbonyl (C=O) groups excluding carboxylic acids is 1. The Morgan fingerprint density at radius 3 is 2.53 bits per heavy atom. The molecule has 1 rings (SSSR count). The van der Waals surface area contributed by atoms with E-state index < -0.39 is 0 Å². The quantitative estimate of drug-likeness (QED) is 0.764. The Morgan fingerprint density at radius 1 is 1.35 bits per heavy atom. The molecule has 1 amide bonds. The topological polar surface area (TPSA) is 66.9 Å². The molecule has 0 fully saturated rings. The van der Waals surface area contributed by atoms with Crippen LogP contribution < -0.4 is 10.6 Å². The van der Waals surface area contributed by atoms with Gasteiger partial charge in [0.15, 0.2) is 0 Å². The molecule has 5 nitrogen and oxygen atoms in total. The van der Waals surface area contributed by atoms with Crippen LogP contribution in [-0.4, -0.2) is 29.0 Å². The average molecular weight is 236 g/mol. The third kappa shape index (κ3) is 4.91. The second kappa shape index (κ2) is 6.96. The van der Waals surface area contributed by atoms with Gasteiger partial charge in [-0.1, -0.05) is 13.8 Å². The van der Waals surface area contributed by atoms with Crippen molar-refractivity contribution in [1.29, 1.82) is 0 Å². The summed E-state index contributed by atoms with van der Waals surface area (Å²) in [5.41, 5.74) is 0.977. The first-order chi connectivity index (χ1) is 8.13. The standard InChI is InChI=1S/C12H20N4O/c1-9(2)4-11(12(17)13-3)16-7-10-5-14-8-15-6-10/h5-6,8-9,11,16H,4,7H2,1-3H3,(H,13,17). The van der Waals surface area contributed by atoms with Gasteiger partial charge in [0.2, 0.25) is 5.91 Å². The number of amides is 1. The largest absolute Gasteiger partial charge is 0.358 e. The van der Waals surface area contributed by atoms with Gasteiger partial charge in [-0.2, -0.15) is 0 Å². The molecule has 5 heteroatoms. The van der Waals surface area contributed by atoms with Crippen LogP contribution in [0.15, 0.2) is 18.7 Å². The molecule has 94 valence electrons. The lowest BCUT2D eigenvalue weighted by atomic mass is 10.0. The molecular formula is C12H20N4O. The summed E-state index contributed by atoms with van der Waals surface area (Å²) in [7, 11) is 1.66. The van der Waals surface area contributed by atoms with Gasteiger partial charge in [-0.15, -0.1) is 0 Å². The Morgan fingerprint density at radius 2 is 2.00 bits per heavy atom. The number of likely N-dealkylation sites (N-methyl/N-ethyl adjacent to an activating group) is 1. The lowest BCUT2D eigenvalue weighted by Crippen LogP contribution is -2.43. The molecule has 0 saturated heterocycles. The minimum Gasteiger partial charge on any atom is -0.358 e. The molecule has 1 aromatic rings. The van der Waals surface area contributed by atoms with E-state index in [0.717, 1.165) is 12.0 Å². The highest BCUT2D eigenvalue weighted by Gasteiger charge is 2.17. The molecule has 0 aromatic carbocycles. The SMILES string of the molecule is CNC(=O)C(CC(C)C)NCc1cncnc1. The first kappa shape index (κ1) is 13.6. The summed E-state index contributed by atoms with van der Waals surface area (Å²) in [6.45, 7) is 4.80. The third-order valence-corrected chi connectivity index (χ3v) is 2.44. The maximum atomic E-state index is 11.7. The maximum absolute atomic E-state index is 11.7. The summed E-state index contributed by atoms with van der Waals surface area (Å²) in [6.07, 6.45) is 5.80. The van der Waals surface area contributed by atoms with Crippen molar-refractivity contribution in [3.63, 3.8) is 0 Å². The lowest BCUT2D eigenvalue weighted by Gasteiger charge is -2.18. The fourth-order valence-electron chi connectivity index (χ4n) is 1.59. The van der Waals surface area contributed by atoms with Crippen molar-refractivity contribution >= 4 is 5.91 Å². The van der Waals surface area contributed by atoms with Crippen LogP contribution in [0.2, 0.25) is 0 Å². The number of aromatic nitrogens is 2. The molecule has 0 radical (unpaired) electrons. The number of hydrogen-bond donors (Lipinski definition) is 2. The number of nitrogens with one attached hydrogen (secondary N) is 2. The number of carbonyl (C=O) groups is 1. The van der Waals surface area contributed by atoms with Crippen molar-refractivity contribution in [2.24, 2.45) is 5.92 Å². The monoisotopic (exact) mass is 236 g/mol. The van der Waals surface area contributed by atoms with E-state index in [1.54, 1.807) is 19.4 Å². The average Bonchev–Trinajstić information content (AvgIpc) is 2.34. The summed E-state index contributed by atoms with van der Waals surface area (Å²) in [5, 5.41) is 5.90. The van der Waals surface area contributed by atoms with Crippen LogP contribution in [0, 0.1) is 5.92 Å². The van der Waals surface area contributed by atoms with Crippen LogP contribution in [0.1, 0.15) is 25.8 Å². The predicted octanol–water partition coefficient (Wildman–Crippen LogP) is 0.727. The first-order valence-electron chi connectivity index (χ1n) is 5.82. The van der Waals surface area contributed by atoms with Gasteiger partial charge >= 0.3 is 0 Å². The van der Waals surface area contributed by atoms with Gasteiger partial charge in [0, 0.05) is 31.5 Å². The molecule has 1 heterocycles. The van der Waals surface area contributed by atoms with Crippen molar-refractivity contribution in [3.05, 3.63) is 24.3 Å². The van der Waals surface area contributed by atoms with E-state index in [-0.39, 0.29) is 11.9 Å². The Kier molecular flexibility index (Phi) is 5.56. The normalized spacial score (nSPS) is 12.5. The van der Waals surface area contributed by atoms with Crippen LogP contribution in [0.5, 0.6) is 0 Å². The molecule has 0 saturated carbocycles. The van der Waals surface area contributed by atoms with Crippen molar-refractivity contribution in [1.82, 2.24) is 20.6 Å². The van der Waals surface area contributed by atoms with Crippen LogP contribution in [0.3, 0.4) is 0 Å². The van der Waals surface area contributed by atoms with E-state index in [1.807, 2.05) is 0 Å². The molecule has 0 aliphatic heterocycles. The van der Waals surface area contributed by atoms with E-state index in [0.29, 0.717) is 12.5 Å². The van der Waals surface area contributed by atoms with E-state index in [1.165, 1.54) is 6.33 Å². The second-order valence-corrected chi connectivity index (χ2v) is 4.42. The van der Waals surface area contributed by atoms with Gasteiger partial charge < -0.3 is 10.6 Å². The van der Waals surface area contributed by atoms with E-state index >= 15 is 0 Å². The Hall–Kier alpha value is -1.49. The molecule has 1 aromatic heterocycles. The summed E-state index contributed by atoms with van der Waals surface area (Å²) >= 11 is 0. The second-order valence-electron chi connectivity index (χ2n) is 4.42. The summed E-state index contributed by atoms with van der Waals surface area (Å²) < 4.78 is 0. The van der Waals surface area contributed by atoms with Gasteiger partial charge in [-0.25, -0.2) is 9.97 Å². The van der Waals surface area contributed by atoms with Gasteiger partial charge in [0.1, 0.15) is 6.33 Å². The smallest absolute Gasteiger partial charge is 0.236 e. The zero-order chi connectivity index (χ0) is 12.7. The van der Waals surface area contributed by atoms with E-state index in [2.05, 4.69) is 34.4 Å². The van der Waals surface area contributed by atoms with Gasteiger partial charge in [-0.3, -0.25) is 4.79 Å². The molecule has 1 unspecified atom stereocenters. The summed E-state index contributed by atoms with van der Waals surface area (Å²) in [4.78, 5) is 19.5. The predicted molar refractivity (Wildman–Crippen MR) is 66.2 cm³/mol. The van der Waals surface area contributed by atoms with Crippen molar-refractivity contribution in [2.75, 3.05) is 7.05 Å². The number of hydrogen-bond acceptors (Lipinski definition) is 4. The Labute approximate surface area is 102 Å². The van der Waals surface area contributed by atoms with Gasteiger partial charge in [0.25, 0.3) is 0 Å². The van der Waals surface area contributed by atoms with Crippen molar-refractivity contribution in [2.45, 2.75) is 32.9 Å². The highest BCUT2D eigenvalue weighted by molar-refractivity contribution is 5.81. The van der Waals surface area contributed by atoms with Crippen molar-refractivity contribution < 1.29 is 4.79 Å². The zero-order valence-corrected chi connectivity index (χ0v) is 10.6. The first-order valence-corrected chi connectivity index (χ1v) is 5.82. The van der Waals surface area contributed by atoms with E-state index in [4.69, 9.17) is 0 Å². The molecule has 0 aliphatic carbocycles. The zero-order valence-electron chi connectivity index (χ0n) is 10.6. The number of nitrogens with zero attached hydrogens (tertiary/aromatic N) is 2. The van der Waals surface area contributed by atoms with Crippen LogP contribution in [-0.2, 0) is 11.3 Å². The van der Waals surface area contributed by atoms with E-state index in [9.17, 15) is 4.79 Å².